The highest BCUT2D eigenvalue weighted by Crippen LogP contribution is 2.18. The van der Waals surface area contributed by atoms with Crippen LogP contribution in [0.15, 0.2) is 65.1 Å². The Morgan fingerprint density at radius 2 is 1.97 bits per heavy atom. The Morgan fingerprint density at radius 1 is 1.10 bits per heavy atom. The quantitative estimate of drug-likeness (QED) is 0.276. The third kappa shape index (κ3) is 6.02. The summed E-state index contributed by atoms with van der Waals surface area (Å²) in [5, 5.41) is 5.73. The van der Waals surface area contributed by atoms with Crippen LogP contribution in [0.5, 0.6) is 11.5 Å². The average Bonchev–Trinajstić information content (AvgIpc) is 3.23. The lowest BCUT2D eigenvalue weighted by atomic mass is 10.1. The summed E-state index contributed by atoms with van der Waals surface area (Å²) in [6.07, 6.45) is 1.47. The second kappa shape index (κ2) is 9.66. The molecule has 1 N–H and O–H groups in total. The Labute approximate surface area is 172 Å². The number of hydrogen-bond donors (Lipinski definition) is 1. The monoisotopic (exact) mass is 408 g/mol. The molecule has 1 heterocycles. The Balaban J connectivity index is 1.50. The van der Waals surface area contributed by atoms with Crippen molar-refractivity contribution < 1.29 is 19.1 Å². The molecule has 0 unspecified atom stereocenters. The number of carbonyl (C=O) groups excluding carboxylic acids is 2. The smallest absolute Gasteiger partial charge is 0.353 e. The van der Waals surface area contributed by atoms with Crippen molar-refractivity contribution in [1.82, 2.24) is 5.43 Å². The lowest BCUT2D eigenvalue weighted by molar-refractivity contribution is -0.123. The molecule has 2 aromatic carbocycles. The van der Waals surface area contributed by atoms with E-state index in [1.165, 1.54) is 17.6 Å². The first-order chi connectivity index (χ1) is 14.0. The molecule has 3 aromatic rings. The standard InChI is InChI=1S/C22H20N2O4S/c1-15-8-9-19(16(2)11-15)27-14-21(25)24-23-13-17-5-3-6-18(12-17)28-22(26)20-7-4-10-29-20/h3-13H,14H2,1-2H3,(H,24,25). The van der Waals surface area contributed by atoms with Crippen molar-refractivity contribution in [2.24, 2.45) is 5.10 Å². The molecule has 6 nitrogen and oxygen atoms in total. The third-order valence-electron chi connectivity index (χ3n) is 3.88. The van der Waals surface area contributed by atoms with Crippen LogP contribution in [0.2, 0.25) is 0 Å². The molecule has 148 valence electrons. The zero-order valence-corrected chi connectivity index (χ0v) is 16.9. The van der Waals surface area contributed by atoms with E-state index in [1.54, 1.807) is 36.4 Å². The van der Waals surface area contributed by atoms with E-state index in [4.69, 9.17) is 9.47 Å². The summed E-state index contributed by atoms with van der Waals surface area (Å²) in [5.41, 5.74) is 5.19. The normalized spacial score (nSPS) is 10.7. The molecule has 0 fully saturated rings. The maximum atomic E-state index is 12.0. The Morgan fingerprint density at radius 3 is 2.72 bits per heavy atom. The van der Waals surface area contributed by atoms with Crippen molar-refractivity contribution in [3.63, 3.8) is 0 Å². The van der Waals surface area contributed by atoms with Gasteiger partial charge >= 0.3 is 5.97 Å². The Bertz CT molecular complexity index is 1030. The number of esters is 1. The number of hydrazone groups is 1. The summed E-state index contributed by atoms with van der Waals surface area (Å²) in [5.74, 6) is 0.277. The minimum absolute atomic E-state index is 0.139. The topological polar surface area (TPSA) is 77.0 Å². The van der Waals surface area contributed by atoms with Gasteiger partial charge in [-0.2, -0.15) is 5.10 Å². The van der Waals surface area contributed by atoms with E-state index in [2.05, 4.69) is 10.5 Å². The van der Waals surface area contributed by atoms with Crippen molar-refractivity contribution in [2.45, 2.75) is 13.8 Å². The SMILES string of the molecule is Cc1ccc(OCC(=O)NN=Cc2cccc(OC(=O)c3cccs3)c2)c(C)c1. The van der Waals surface area contributed by atoms with Gasteiger partial charge < -0.3 is 9.47 Å². The first kappa shape index (κ1) is 20.3. The van der Waals surface area contributed by atoms with Crippen LogP contribution in [0.25, 0.3) is 0 Å². The van der Waals surface area contributed by atoms with Gasteiger partial charge in [0.05, 0.1) is 6.21 Å². The van der Waals surface area contributed by atoms with E-state index in [-0.39, 0.29) is 12.5 Å². The number of hydrogen-bond acceptors (Lipinski definition) is 6. The molecule has 0 saturated carbocycles. The molecule has 0 aliphatic heterocycles. The van der Waals surface area contributed by atoms with Crippen LogP contribution >= 0.6 is 11.3 Å². The number of carbonyl (C=O) groups is 2. The molecule has 0 spiro atoms. The molecular weight excluding hydrogens is 388 g/mol. The molecule has 0 aliphatic rings. The van der Waals surface area contributed by atoms with Crippen molar-refractivity contribution in [1.29, 1.82) is 0 Å². The lowest BCUT2D eigenvalue weighted by Crippen LogP contribution is -2.24. The van der Waals surface area contributed by atoms with Crippen LogP contribution in [0.1, 0.15) is 26.4 Å². The van der Waals surface area contributed by atoms with Crippen molar-refractivity contribution in [3.05, 3.63) is 81.5 Å². The molecule has 0 radical (unpaired) electrons. The maximum Gasteiger partial charge on any atom is 0.353 e. The molecule has 0 atom stereocenters. The second-order valence-corrected chi connectivity index (χ2v) is 7.24. The summed E-state index contributed by atoms with van der Waals surface area (Å²) in [6, 6.07) is 16.1. The van der Waals surface area contributed by atoms with Gasteiger partial charge in [0.15, 0.2) is 6.61 Å². The van der Waals surface area contributed by atoms with Crippen LogP contribution in [0.4, 0.5) is 0 Å². The highest BCUT2D eigenvalue weighted by Gasteiger charge is 2.09. The lowest BCUT2D eigenvalue weighted by Gasteiger charge is -2.08. The number of benzene rings is 2. The van der Waals surface area contributed by atoms with E-state index in [1.807, 2.05) is 37.4 Å². The molecular formula is C22H20N2O4S. The third-order valence-corrected chi connectivity index (χ3v) is 4.73. The number of rotatable bonds is 7. The molecule has 3 rings (SSSR count). The van der Waals surface area contributed by atoms with Crippen LogP contribution in [-0.4, -0.2) is 24.7 Å². The number of amides is 1. The zero-order valence-electron chi connectivity index (χ0n) is 16.0. The van der Waals surface area contributed by atoms with Crippen LogP contribution < -0.4 is 14.9 Å². The van der Waals surface area contributed by atoms with Gasteiger partial charge in [-0.3, -0.25) is 4.79 Å². The summed E-state index contributed by atoms with van der Waals surface area (Å²) >= 11 is 1.32. The highest BCUT2D eigenvalue weighted by molar-refractivity contribution is 7.12. The van der Waals surface area contributed by atoms with Crippen molar-refractivity contribution >= 4 is 29.4 Å². The van der Waals surface area contributed by atoms with Crippen LogP contribution in [-0.2, 0) is 4.79 Å². The van der Waals surface area contributed by atoms with Gasteiger partial charge in [-0.05, 0) is 54.6 Å². The number of ether oxygens (including phenoxy) is 2. The van der Waals surface area contributed by atoms with Gasteiger partial charge in [0.25, 0.3) is 5.91 Å². The Kier molecular flexibility index (Phi) is 6.76. The first-order valence-corrected chi connectivity index (χ1v) is 9.77. The van der Waals surface area contributed by atoms with Gasteiger partial charge in [0.2, 0.25) is 0 Å². The van der Waals surface area contributed by atoms with E-state index >= 15 is 0 Å². The van der Waals surface area contributed by atoms with Gasteiger partial charge in [-0.25, -0.2) is 10.2 Å². The van der Waals surface area contributed by atoms with Gasteiger partial charge in [0, 0.05) is 0 Å². The maximum absolute atomic E-state index is 12.0. The van der Waals surface area contributed by atoms with E-state index < -0.39 is 5.97 Å². The van der Waals surface area contributed by atoms with Gasteiger partial charge in [-0.1, -0.05) is 35.9 Å². The van der Waals surface area contributed by atoms with E-state index in [9.17, 15) is 9.59 Å². The minimum Gasteiger partial charge on any atom is -0.483 e. The summed E-state index contributed by atoms with van der Waals surface area (Å²) in [7, 11) is 0. The molecule has 1 amide bonds. The molecule has 1 aromatic heterocycles. The molecule has 0 bridgehead atoms. The predicted octanol–water partition coefficient (Wildman–Crippen LogP) is 4.11. The summed E-state index contributed by atoms with van der Waals surface area (Å²) in [4.78, 5) is 24.4. The zero-order chi connectivity index (χ0) is 20.6. The second-order valence-electron chi connectivity index (χ2n) is 6.29. The molecule has 0 saturated heterocycles. The number of nitrogens with zero attached hydrogens (tertiary/aromatic N) is 1. The largest absolute Gasteiger partial charge is 0.483 e. The van der Waals surface area contributed by atoms with E-state index in [0.717, 1.165) is 11.1 Å². The number of nitrogens with one attached hydrogen (secondary N) is 1. The van der Waals surface area contributed by atoms with Crippen LogP contribution in [0.3, 0.4) is 0 Å². The van der Waals surface area contributed by atoms with Crippen LogP contribution in [0, 0.1) is 13.8 Å². The number of aryl methyl sites for hydroxylation is 2. The fourth-order valence-corrected chi connectivity index (χ4v) is 3.12. The fraction of sp³-hybridized carbons (Fsp3) is 0.136. The molecule has 0 aliphatic carbocycles. The predicted molar refractivity (Wildman–Crippen MR) is 113 cm³/mol. The van der Waals surface area contributed by atoms with Gasteiger partial charge in [-0.15, -0.1) is 11.3 Å². The first-order valence-electron chi connectivity index (χ1n) is 8.89. The molecule has 29 heavy (non-hydrogen) atoms. The highest BCUT2D eigenvalue weighted by atomic mass is 32.1. The van der Waals surface area contributed by atoms with Crippen molar-refractivity contribution in [2.75, 3.05) is 6.61 Å². The summed E-state index contributed by atoms with van der Waals surface area (Å²) in [6.45, 7) is 3.78. The molecule has 7 heteroatoms. The Hall–Kier alpha value is -3.45. The fourth-order valence-electron chi connectivity index (χ4n) is 2.53. The van der Waals surface area contributed by atoms with E-state index in [0.29, 0.717) is 21.9 Å². The van der Waals surface area contributed by atoms with Gasteiger partial charge in [0.1, 0.15) is 16.4 Å². The number of thiophene rings is 1. The summed E-state index contributed by atoms with van der Waals surface area (Å²) < 4.78 is 10.8. The average molecular weight is 408 g/mol. The minimum atomic E-state index is -0.411. The van der Waals surface area contributed by atoms with Crippen molar-refractivity contribution in [3.8, 4) is 11.5 Å².